The molecule has 0 saturated heterocycles. The number of fused-ring (bicyclic) bond motifs is 1. The molecule has 0 radical (unpaired) electrons. The van der Waals surface area contributed by atoms with Gasteiger partial charge in [0.1, 0.15) is 24.1 Å². The molecule has 1 aliphatic carbocycles. The van der Waals surface area contributed by atoms with Gasteiger partial charge in [0.05, 0.1) is 42.0 Å². The Morgan fingerprint density at radius 3 is 2.63 bits per heavy atom. The van der Waals surface area contributed by atoms with Gasteiger partial charge in [0, 0.05) is 17.8 Å². The first kappa shape index (κ1) is 21.0. The summed E-state index contributed by atoms with van der Waals surface area (Å²) in [6.45, 7) is 1.54. The predicted octanol–water partition coefficient (Wildman–Crippen LogP) is 2.52. The number of carbonyl (C=O) groups excluding carboxylic acids is 2. The third-order valence-electron chi connectivity index (χ3n) is 4.71. The molecule has 0 unspecified atom stereocenters. The number of ether oxygens (including phenoxy) is 2. The maximum Gasteiger partial charge on any atom is 0.343 e. The lowest BCUT2D eigenvalue weighted by Gasteiger charge is -2.16. The fourth-order valence-electron chi connectivity index (χ4n) is 3.22. The van der Waals surface area contributed by atoms with Crippen molar-refractivity contribution in [1.82, 2.24) is 4.57 Å². The van der Waals surface area contributed by atoms with Crippen molar-refractivity contribution in [1.29, 1.82) is 10.5 Å². The molecule has 1 aromatic carbocycles. The van der Waals surface area contributed by atoms with E-state index in [1.807, 2.05) is 12.1 Å². The number of pyridine rings is 1. The Hall–Kier alpha value is -3.72. The van der Waals surface area contributed by atoms with E-state index in [1.165, 1.54) is 6.20 Å². The van der Waals surface area contributed by atoms with Crippen molar-refractivity contribution < 1.29 is 23.5 Å². The van der Waals surface area contributed by atoms with Gasteiger partial charge in [-0.1, -0.05) is 0 Å². The average molecular weight is 411 g/mol. The second-order valence-electron chi connectivity index (χ2n) is 6.76. The highest BCUT2D eigenvalue weighted by Crippen LogP contribution is 2.38. The van der Waals surface area contributed by atoms with Crippen molar-refractivity contribution in [3.63, 3.8) is 0 Å². The zero-order chi connectivity index (χ0) is 21.8. The zero-order valence-electron chi connectivity index (χ0n) is 16.2. The standard InChI is InChI=1S/C21H18FN3O5/c1-2-29-21(28)16-11-25(12-4-5-12)19-14(20(16)27)8-17(22)13(15(19)10-24)9-18(26)30-7-3-6-23/h8,11-12H,2-5,7,9H2,1H3. The van der Waals surface area contributed by atoms with Gasteiger partial charge in [-0.25, -0.2) is 9.18 Å². The Balaban J connectivity index is 2.18. The third kappa shape index (κ3) is 4.01. The monoisotopic (exact) mass is 411 g/mol. The number of benzene rings is 1. The highest BCUT2D eigenvalue weighted by atomic mass is 19.1. The first-order valence-electron chi connectivity index (χ1n) is 9.42. The molecule has 1 heterocycles. The molecule has 2 aromatic rings. The number of esters is 2. The molecule has 0 amide bonds. The van der Waals surface area contributed by atoms with Crippen LogP contribution in [0.2, 0.25) is 0 Å². The molecule has 0 N–H and O–H groups in total. The molecular formula is C21H18FN3O5. The van der Waals surface area contributed by atoms with Crippen molar-refractivity contribution in [2.75, 3.05) is 13.2 Å². The van der Waals surface area contributed by atoms with Gasteiger partial charge in [0.25, 0.3) is 0 Å². The van der Waals surface area contributed by atoms with Crippen molar-refractivity contribution in [2.24, 2.45) is 0 Å². The Kier molecular flexibility index (Phi) is 6.12. The molecule has 0 atom stereocenters. The second kappa shape index (κ2) is 8.75. The van der Waals surface area contributed by atoms with Crippen LogP contribution < -0.4 is 5.43 Å². The Morgan fingerprint density at radius 1 is 1.30 bits per heavy atom. The summed E-state index contributed by atoms with van der Waals surface area (Å²) >= 11 is 0. The van der Waals surface area contributed by atoms with Crippen LogP contribution >= 0.6 is 0 Å². The minimum absolute atomic E-state index is 0.00505. The van der Waals surface area contributed by atoms with E-state index < -0.39 is 29.6 Å². The van der Waals surface area contributed by atoms with Crippen LogP contribution in [0.25, 0.3) is 10.9 Å². The fraction of sp³-hybridized carbons (Fsp3) is 0.381. The van der Waals surface area contributed by atoms with Crippen LogP contribution in [-0.4, -0.2) is 29.7 Å². The number of nitriles is 2. The van der Waals surface area contributed by atoms with Gasteiger partial charge in [-0.05, 0) is 25.8 Å². The predicted molar refractivity (Wildman–Crippen MR) is 102 cm³/mol. The van der Waals surface area contributed by atoms with E-state index >= 15 is 0 Å². The quantitative estimate of drug-likeness (QED) is 0.507. The fourth-order valence-corrected chi connectivity index (χ4v) is 3.22. The van der Waals surface area contributed by atoms with E-state index in [0.29, 0.717) is 0 Å². The average Bonchev–Trinajstić information content (AvgIpc) is 3.55. The van der Waals surface area contributed by atoms with E-state index in [4.69, 9.17) is 14.7 Å². The van der Waals surface area contributed by atoms with Gasteiger partial charge in [0.2, 0.25) is 5.43 Å². The minimum atomic E-state index is -0.920. The lowest BCUT2D eigenvalue weighted by molar-refractivity contribution is -0.142. The molecule has 1 saturated carbocycles. The summed E-state index contributed by atoms with van der Waals surface area (Å²) in [5, 5.41) is 18.1. The molecule has 1 aliphatic rings. The smallest absolute Gasteiger partial charge is 0.343 e. The van der Waals surface area contributed by atoms with Gasteiger partial charge in [-0.15, -0.1) is 0 Å². The minimum Gasteiger partial charge on any atom is -0.464 e. The van der Waals surface area contributed by atoms with Crippen molar-refractivity contribution in [3.8, 4) is 12.1 Å². The van der Waals surface area contributed by atoms with Crippen LogP contribution in [-0.2, 0) is 20.7 Å². The van der Waals surface area contributed by atoms with E-state index in [9.17, 15) is 24.0 Å². The first-order chi connectivity index (χ1) is 14.4. The molecule has 1 fully saturated rings. The number of aromatic nitrogens is 1. The molecule has 0 aliphatic heterocycles. The summed E-state index contributed by atoms with van der Waals surface area (Å²) in [5.41, 5.74) is -1.13. The van der Waals surface area contributed by atoms with E-state index in [0.717, 1.165) is 18.9 Å². The molecule has 8 nitrogen and oxygen atoms in total. The summed E-state index contributed by atoms with van der Waals surface area (Å²) < 4.78 is 26.3. The number of carbonyl (C=O) groups is 2. The van der Waals surface area contributed by atoms with E-state index in [2.05, 4.69) is 0 Å². The summed E-state index contributed by atoms with van der Waals surface area (Å²) in [6.07, 6.45) is 2.36. The maximum atomic E-state index is 14.8. The number of hydrogen-bond acceptors (Lipinski definition) is 7. The topological polar surface area (TPSA) is 122 Å². The molecule has 3 rings (SSSR count). The summed E-state index contributed by atoms with van der Waals surface area (Å²) in [4.78, 5) is 37.1. The number of halogens is 1. The molecule has 0 spiro atoms. The lowest BCUT2D eigenvalue weighted by atomic mass is 9.98. The van der Waals surface area contributed by atoms with Gasteiger partial charge in [-0.3, -0.25) is 9.59 Å². The van der Waals surface area contributed by atoms with Crippen LogP contribution in [0.5, 0.6) is 0 Å². The highest BCUT2D eigenvalue weighted by molar-refractivity contribution is 5.96. The van der Waals surface area contributed by atoms with Crippen LogP contribution in [0.4, 0.5) is 4.39 Å². The molecule has 1 aromatic heterocycles. The van der Waals surface area contributed by atoms with E-state index in [-0.39, 0.29) is 53.3 Å². The first-order valence-corrected chi connectivity index (χ1v) is 9.42. The number of rotatable bonds is 7. The molecule has 30 heavy (non-hydrogen) atoms. The SMILES string of the molecule is CCOC(=O)c1cn(C2CC2)c2c(C#N)c(CC(=O)OCCC#N)c(F)cc2c1=O. The Labute approximate surface area is 171 Å². The summed E-state index contributed by atoms with van der Waals surface area (Å²) in [5.74, 6) is -2.52. The zero-order valence-corrected chi connectivity index (χ0v) is 16.2. The van der Waals surface area contributed by atoms with Gasteiger partial charge >= 0.3 is 11.9 Å². The summed E-state index contributed by atoms with van der Waals surface area (Å²) in [7, 11) is 0. The van der Waals surface area contributed by atoms with Crippen molar-refractivity contribution >= 4 is 22.8 Å². The number of nitrogens with zero attached hydrogens (tertiary/aromatic N) is 3. The van der Waals surface area contributed by atoms with Crippen LogP contribution in [0.3, 0.4) is 0 Å². The molecule has 9 heteroatoms. The maximum absolute atomic E-state index is 14.8. The molecule has 0 bridgehead atoms. The van der Waals surface area contributed by atoms with Crippen LogP contribution in [0.15, 0.2) is 17.1 Å². The normalized spacial score (nSPS) is 12.8. The second-order valence-corrected chi connectivity index (χ2v) is 6.76. The van der Waals surface area contributed by atoms with Gasteiger partial charge < -0.3 is 14.0 Å². The molecular weight excluding hydrogens is 393 g/mol. The highest BCUT2D eigenvalue weighted by Gasteiger charge is 2.30. The summed E-state index contributed by atoms with van der Waals surface area (Å²) in [6, 6.07) is 4.62. The van der Waals surface area contributed by atoms with Crippen molar-refractivity contribution in [3.05, 3.63) is 45.0 Å². The number of hydrogen-bond donors (Lipinski definition) is 0. The Morgan fingerprint density at radius 2 is 2.03 bits per heavy atom. The third-order valence-corrected chi connectivity index (χ3v) is 4.71. The van der Waals surface area contributed by atoms with Gasteiger partial charge in [0.15, 0.2) is 0 Å². The lowest BCUT2D eigenvalue weighted by Crippen LogP contribution is -2.22. The van der Waals surface area contributed by atoms with E-state index in [1.54, 1.807) is 11.5 Å². The van der Waals surface area contributed by atoms with Crippen LogP contribution in [0, 0.1) is 28.5 Å². The Bertz CT molecular complexity index is 1170. The van der Waals surface area contributed by atoms with Crippen molar-refractivity contribution in [2.45, 2.75) is 38.6 Å². The van der Waals surface area contributed by atoms with Gasteiger partial charge in [-0.2, -0.15) is 10.5 Å². The van der Waals surface area contributed by atoms with Crippen LogP contribution in [0.1, 0.15) is 53.7 Å². The largest absolute Gasteiger partial charge is 0.464 e. The molecule has 154 valence electrons.